The Hall–Kier alpha value is -2.33. The summed E-state index contributed by atoms with van der Waals surface area (Å²) in [7, 11) is 0. The first-order valence-corrected chi connectivity index (χ1v) is 7.22. The van der Waals surface area contributed by atoms with E-state index in [1.807, 2.05) is 54.7 Å². The lowest BCUT2D eigenvalue weighted by atomic mass is 10.1. The number of nitrogens with zero attached hydrogens (tertiary/aromatic N) is 1. The van der Waals surface area contributed by atoms with Crippen LogP contribution >= 0.6 is 12.2 Å². The Bertz CT molecular complexity index is 765. The predicted molar refractivity (Wildman–Crippen MR) is 89.8 cm³/mol. The van der Waals surface area contributed by atoms with Crippen molar-refractivity contribution in [2.45, 2.75) is 6.54 Å². The van der Waals surface area contributed by atoms with Gasteiger partial charge < -0.3 is 15.0 Å². The highest BCUT2D eigenvalue weighted by Crippen LogP contribution is 2.20. The van der Waals surface area contributed by atoms with Gasteiger partial charge in [-0.1, -0.05) is 42.5 Å². The number of rotatable bonds is 5. The molecule has 3 nitrogen and oxygen atoms in total. The van der Waals surface area contributed by atoms with E-state index in [-0.39, 0.29) is 0 Å². The third-order valence-electron chi connectivity index (χ3n) is 3.42. The van der Waals surface area contributed by atoms with Crippen LogP contribution in [-0.2, 0) is 6.54 Å². The molecule has 0 aliphatic rings. The first-order chi connectivity index (χ1) is 10.3. The van der Waals surface area contributed by atoms with Crippen LogP contribution < -0.4 is 10.5 Å². The van der Waals surface area contributed by atoms with Crippen molar-refractivity contribution in [3.05, 3.63) is 66.4 Å². The molecular weight excluding hydrogens is 280 g/mol. The number of benzene rings is 2. The van der Waals surface area contributed by atoms with Crippen molar-refractivity contribution in [3.8, 4) is 5.75 Å². The van der Waals surface area contributed by atoms with Crippen molar-refractivity contribution >= 4 is 28.1 Å². The smallest absolute Gasteiger partial charge is 0.119 e. The average molecular weight is 296 g/mol. The lowest BCUT2D eigenvalue weighted by Gasteiger charge is -2.09. The molecule has 0 aliphatic heterocycles. The Morgan fingerprint density at radius 1 is 1.05 bits per heavy atom. The van der Waals surface area contributed by atoms with Gasteiger partial charge in [0.1, 0.15) is 17.3 Å². The van der Waals surface area contributed by atoms with Gasteiger partial charge in [0.15, 0.2) is 0 Å². The summed E-state index contributed by atoms with van der Waals surface area (Å²) < 4.78 is 7.89. The molecule has 0 unspecified atom stereocenters. The van der Waals surface area contributed by atoms with Gasteiger partial charge in [0.05, 0.1) is 6.54 Å². The maximum Gasteiger partial charge on any atom is 0.119 e. The first-order valence-electron chi connectivity index (χ1n) is 6.81. The van der Waals surface area contributed by atoms with Crippen LogP contribution in [0.1, 0.15) is 5.56 Å². The van der Waals surface area contributed by atoms with E-state index in [1.54, 1.807) is 0 Å². The molecule has 1 aromatic heterocycles. The van der Waals surface area contributed by atoms with Crippen LogP contribution in [0, 0.1) is 0 Å². The van der Waals surface area contributed by atoms with Crippen LogP contribution in [0.25, 0.3) is 10.9 Å². The second-order valence-electron chi connectivity index (χ2n) is 4.77. The zero-order valence-electron chi connectivity index (χ0n) is 11.5. The summed E-state index contributed by atoms with van der Waals surface area (Å²) in [4.78, 5) is 0.430. The highest BCUT2D eigenvalue weighted by molar-refractivity contribution is 7.80. The van der Waals surface area contributed by atoms with Gasteiger partial charge in [0, 0.05) is 22.7 Å². The van der Waals surface area contributed by atoms with Crippen LogP contribution in [-0.4, -0.2) is 16.2 Å². The standard InChI is InChI=1S/C17H16N2OS/c18-17(21)15-7-4-8-16-14(15)9-10-19(16)11-12-20-13-5-2-1-3-6-13/h1-10H,11-12H2,(H2,18,21). The molecule has 1 heterocycles. The zero-order chi connectivity index (χ0) is 14.7. The van der Waals surface area contributed by atoms with Crippen molar-refractivity contribution in [2.24, 2.45) is 5.73 Å². The average Bonchev–Trinajstić information content (AvgIpc) is 2.91. The summed E-state index contributed by atoms with van der Waals surface area (Å²) >= 11 is 5.09. The molecule has 0 saturated heterocycles. The molecule has 2 N–H and O–H groups in total. The van der Waals surface area contributed by atoms with E-state index in [0.717, 1.165) is 28.8 Å². The summed E-state index contributed by atoms with van der Waals surface area (Å²) in [6, 6.07) is 17.9. The van der Waals surface area contributed by atoms with Crippen molar-refractivity contribution in [2.75, 3.05) is 6.61 Å². The zero-order valence-corrected chi connectivity index (χ0v) is 12.3. The monoisotopic (exact) mass is 296 g/mol. The molecule has 106 valence electrons. The number of fused-ring (bicyclic) bond motifs is 1. The molecule has 0 bridgehead atoms. The normalized spacial score (nSPS) is 10.7. The van der Waals surface area contributed by atoms with Crippen LogP contribution in [0.15, 0.2) is 60.8 Å². The fourth-order valence-corrected chi connectivity index (χ4v) is 2.59. The predicted octanol–water partition coefficient (Wildman–Crippen LogP) is 3.35. The summed E-state index contributed by atoms with van der Waals surface area (Å²) in [6.07, 6.45) is 2.04. The van der Waals surface area contributed by atoms with Crippen LogP contribution in [0.2, 0.25) is 0 Å². The topological polar surface area (TPSA) is 40.2 Å². The molecule has 0 saturated carbocycles. The Kier molecular flexibility index (Phi) is 3.88. The van der Waals surface area contributed by atoms with E-state index in [1.165, 1.54) is 0 Å². The molecule has 21 heavy (non-hydrogen) atoms. The third-order valence-corrected chi connectivity index (χ3v) is 3.64. The van der Waals surface area contributed by atoms with E-state index in [9.17, 15) is 0 Å². The highest BCUT2D eigenvalue weighted by atomic mass is 32.1. The van der Waals surface area contributed by atoms with Gasteiger partial charge in [-0.3, -0.25) is 0 Å². The second-order valence-corrected chi connectivity index (χ2v) is 5.21. The quantitative estimate of drug-likeness (QED) is 0.734. The van der Waals surface area contributed by atoms with Gasteiger partial charge in [-0.25, -0.2) is 0 Å². The molecule has 0 fully saturated rings. The van der Waals surface area contributed by atoms with E-state index in [0.29, 0.717) is 11.6 Å². The minimum atomic E-state index is 0.430. The SMILES string of the molecule is NC(=S)c1cccc2c1ccn2CCOc1ccccc1. The van der Waals surface area contributed by atoms with Crippen LogP contribution in [0.3, 0.4) is 0 Å². The molecule has 0 spiro atoms. The van der Waals surface area contributed by atoms with E-state index >= 15 is 0 Å². The van der Waals surface area contributed by atoms with E-state index < -0.39 is 0 Å². The number of ether oxygens (including phenoxy) is 1. The number of hydrogen-bond acceptors (Lipinski definition) is 2. The van der Waals surface area contributed by atoms with Gasteiger partial charge >= 0.3 is 0 Å². The van der Waals surface area contributed by atoms with E-state index in [2.05, 4.69) is 10.6 Å². The Labute approximate surface area is 128 Å². The van der Waals surface area contributed by atoms with Crippen LogP contribution in [0.5, 0.6) is 5.75 Å². The second kappa shape index (κ2) is 5.97. The molecule has 2 aromatic carbocycles. The van der Waals surface area contributed by atoms with Gasteiger partial charge in [-0.15, -0.1) is 0 Å². The van der Waals surface area contributed by atoms with Gasteiger partial charge in [0.2, 0.25) is 0 Å². The first kappa shape index (κ1) is 13.6. The van der Waals surface area contributed by atoms with Crippen molar-refractivity contribution in [1.82, 2.24) is 4.57 Å². The van der Waals surface area contributed by atoms with Crippen molar-refractivity contribution < 1.29 is 4.74 Å². The van der Waals surface area contributed by atoms with Gasteiger partial charge in [0.25, 0.3) is 0 Å². The number of thiocarbonyl (C=S) groups is 1. The fraction of sp³-hybridized carbons (Fsp3) is 0.118. The van der Waals surface area contributed by atoms with Crippen molar-refractivity contribution in [1.29, 1.82) is 0 Å². The summed E-state index contributed by atoms with van der Waals surface area (Å²) in [5, 5.41) is 1.09. The Morgan fingerprint density at radius 2 is 1.86 bits per heavy atom. The number of hydrogen-bond donors (Lipinski definition) is 1. The maximum absolute atomic E-state index is 5.76. The summed E-state index contributed by atoms with van der Waals surface area (Å²) in [5.41, 5.74) is 7.81. The highest BCUT2D eigenvalue weighted by Gasteiger charge is 2.07. The minimum Gasteiger partial charge on any atom is -0.492 e. The Balaban J connectivity index is 1.76. The molecule has 0 atom stereocenters. The molecule has 0 amide bonds. The fourth-order valence-electron chi connectivity index (χ4n) is 2.41. The molecule has 0 radical (unpaired) electrons. The number of para-hydroxylation sites is 1. The van der Waals surface area contributed by atoms with E-state index in [4.69, 9.17) is 22.7 Å². The molecule has 0 aliphatic carbocycles. The largest absolute Gasteiger partial charge is 0.492 e. The van der Waals surface area contributed by atoms with Gasteiger partial charge in [-0.05, 0) is 24.3 Å². The molecular formula is C17H16N2OS. The number of nitrogens with two attached hydrogens (primary N) is 1. The lowest BCUT2D eigenvalue weighted by Crippen LogP contribution is -2.10. The molecule has 3 rings (SSSR count). The summed E-state index contributed by atoms with van der Waals surface area (Å²) in [6.45, 7) is 1.39. The summed E-state index contributed by atoms with van der Waals surface area (Å²) in [5.74, 6) is 0.887. The lowest BCUT2D eigenvalue weighted by molar-refractivity contribution is 0.300. The number of aromatic nitrogens is 1. The van der Waals surface area contributed by atoms with Crippen LogP contribution in [0.4, 0.5) is 0 Å². The molecule has 3 aromatic rings. The Morgan fingerprint density at radius 3 is 2.62 bits per heavy atom. The maximum atomic E-state index is 5.76. The molecule has 4 heteroatoms. The third kappa shape index (κ3) is 2.90. The van der Waals surface area contributed by atoms with Gasteiger partial charge in [-0.2, -0.15) is 0 Å². The minimum absolute atomic E-state index is 0.430. The van der Waals surface area contributed by atoms with Crippen molar-refractivity contribution in [3.63, 3.8) is 0 Å².